The summed E-state index contributed by atoms with van der Waals surface area (Å²) in [4.78, 5) is 14.9. The van der Waals surface area contributed by atoms with Crippen molar-refractivity contribution < 1.29 is 18.0 Å². The molecule has 5 rings (SSSR count). The highest BCUT2D eigenvalue weighted by Crippen LogP contribution is 2.41. The van der Waals surface area contributed by atoms with E-state index in [1.54, 1.807) is 12.1 Å². The predicted molar refractivity (Wildman–Crippen MR) is 117 cm³/mol. The molecular weight excluding hydrogens is 437 g/mol. The van der Waals surface area contributed by atoms with Crippen LogP contribution in [0.25, 0.3) is 5.70 Å². The molecule has 1 aliphatic carbocycles. The van der Waals surface area contributed by atoms with E-state index in [0.29, 0.717) is 11.4 Å². The zero-order chi connectivity index (χ0) is 22.3. The molecular formula is C23H17F3N4OS. The van der Waals surface area contributed by atoms with E-state index in [-0.39, 0.29) is 11.4 Å². The van der Waals surface area contributed by atoms with Crippen molar-refractivity contribution in [1.29, 1.82) is 0 Å². The van der Waals surface area contributed by atoms with Gasteiger partial charge in [-0.15, -0.1) is 0 Å². The van der Waals surface area contributed by atoms with Gasteiger partial charge in [0.1, 0.15) is 17.1 Å². The first-order valence-electron chi connectivity index (χ1n) is 9.90. The van der Waals surface area contributed by atoms with Gasteiger partial charge in [-0.3, -0.25) is 4.79 Å². The van der Waals surface area contributed by atoms with Crippen LogP contribution < -0.4 is 10.6 Å². The molecule has 3 aromatic rings. The second kappa shape index (κ2) is 7.90. The van der Waals surface area contributed by atoms with E-state index in [1.165, 1.54) is 11.8 Å². The Labute approximate surface area is 186 Å². The molecule has 0 saturated heterocycles. The molecule has 0 spiro atoms. The lowest BCUT2D eigenvalue weighted by Crippen LogP contribution is -2.24. The van der Waals surface area contributed by atoms with E-state index < -0.39 is 17.8 Å². The maximum absolute atomic E-state index is 13.6. The third-order valence-corrected chi connectivity index (χ3v) is 6.14. The molecule has 2 N–H and O–H groups in total. The summed E-state index contributed by atoms with van der Waals surface area (Å²) in [5.74, 6) is -0.525. The number of para-hydroxylation sites is 1. The van der Waals surface area contributed by atoms with Crippen molar-refractivity contribution in [3.8, 4) is 0 Å². The van der Waals surface area contributed by atoms with Gasteiger partial charge in [0, 0.05) is 15.5 Å². The maximum Gasteiger partial charge on any atom is 0.433 e. The van der Waals surface area contributed by atoms with Crippen molar-refractivity contribution in [3.63, 3.8) is 0 Å². The van der Waals surface area contributed by atoms with Gasteiger partial charge in [-0.25, -0.2) is 4.68 Å². The highest BCUT2D eigenvalue weighted by molar-refractivity contribution is 7.99. The van der Waals surface area contributed by atoms with Crippen LogP contribution in [0.5, 0.6) is 0 Å². The van der Waals surface area contributed by atoms with Gasteiger partial charge in [0.2, 0.25) is 0 Å². The molecule has 2 aromatic carbocycles. The molecule has 0 radical (unpaired) electrons. The fourth-order valence-corrected chi connectivity index (χ4v) is 4.29. The highest BCUT2D eigenvalue weighted by atomic mass is 32.2. The summed E-state index contributed by atoms with van der Waals surface area (Å²) in [6, 6.07) is 17.0. The van der Waals surface area contributed by atoms with Crippen molar-refractivity contribution in [2.45, 2.75) is 28.8 Å². The van der Waals surface area contributed by atoms with E-state index in [2.05, 4.69) is 15.7 Å². The lowest BCUT2D eigenvalue weighted by molar-refractivity contribution is -0.0744. The molecule has 0 bridgehead atoms. The minimum atomic E-state index is -4.60. The normalized spacial score (nSPS) is 15.0. The largest absolute Gasteiger partial charge is 0.433 e. The number of hydrogen-bond acceptors (Lipinski definition) is 4. The van der Waals surface area contributed by atoms with E-state index in [0.717, 1.165) is 45.2 Å². The van der Waals surface area contributed by atoms with E-state index in [9.17, 15) is 18.0 Å². The molecule has 5 nitrogen and oxygen atoms in total. The zero-order valence-corrected chi connectivity index (χ0v) is 17.4. The van der Waals surface area contributed by atoms with Crippen LogP contribution >= 0.6 is 11.8 Å². The third-order valence-electron chi connectivity index (χ3n) is 5.05. The molecule has 1 saturated carbocycles. The number of aromatic nitrogens is 2. The number of nitrogens with zero attached hydrogens (tertiary/aromatic N) is 2. The van der Waals surface area contributed by atoms with Crippen LogP contribution in [0.4, 0.5) is 24.7 Å². The van der Waals surface area contributed by atoms with Crippen LogP contribution in [0.2, 0.25) is 0 Å². The van der Waals surface area contributed by atoms with Crippen molar-refractivity contribution >= 4 is 34.9 Å². The predicted octanol–water partition coefficient (Wildman–Crippen LogP) is 6.16. The first-order chi connectivity index (χ1) is 15.4. The SMILES string of the molecule is O=C(Nc1ccccc1Sc1ccccc1)c1cnn2c1NC(=C1CC1)C=C2C(F)(F)F. The monoisotopic (exact) mass is 454 g/mol. The lowest BCUT2D eigenvalue weighted by Gasteiger charge is -2.22. The number of rotatable bonds is 4. The van der Waals surface area contributed by atoms with E-state index >= 15 is 0 Å². The molecule has 32 heavy (non-hydrogen) atoms. The summed E-state index contributed by atoms with van der Waals surface area (Å²) in [5, 5.41) is 9.64. The Kier molecular flexibility index (Phi) is 5.05. The molecule has 2 heterocycles. The van der Waals surface area contributed by atoms with Gasteiger partial charge in [0.15, 0.2) is 0 Å². The number of amides is 1. The van der Waals surface area contributed by atoms with Crippen LogP contribution in [0, 0.1) is 0 Å². The first-order valence-corrected chi connectivity index (χ1v) is 10.7. The molecule has 0 atom stereocenters. The number of alkyl halides is 3. The number of fused-ring (bicyclic) bond motifs is 1. The number of halogens is 3. The standard InChI is InChI=1S/C23H17F3N4OS/c24-23(25,26)20-12-18(14-10-11-14)28-21-16(13-27-30(20)21)22(31)29-17-8-4-5-9-19(17)32-15-6-2-1-3-7-15/h1-9,12-13,28H,10-11H2,(H,29,31). The second-order valence-corrected chi connectivity index (χ2v) is 8.47. The Morgan fingerprint density at radius 2 is 1.78 bits per heavy atom. The van der Waals surface area contributed by atoms with Crippen LogP contribution in [-0.2, 0) is 0 Å². The summed E-state index contributed by atoms with van der Waals surface area (Å²) in [6.07, 6.45) is -0.912. The Balaban J connectivity index is 1.45. The van der Waals surface area contributed by atoms with Crippen LogP contribution in [-0.4, -0.2) is 21.9 Å². The smallest absolute Gasteiger partial charge is 0.339 e. The Morgan fingerprint density at radius 1 is 1.06 bits per heavy atom. The summed E-state index contributed by atoms with van der Waals surface area (Å²) in [5.41, 5.74) is 0.974. The minimum absolute atomic E-state index is 0.0138. The maximum atomic E-state index is 13.6. The fourth-order valence-electron chi connectivity index (χ4n) is 3.37. The van der Waals surface area contributed by atoms with Crippen LogP contribution in [0.15, 0.2) is 87.9 Å². The molecule has 162 valence electrons. The second-order valence-electron chi connectivity index (χ2n) is 7.35. The van der Waals surface area contributed by atoms with Gasteiger partial charge in [0.25, 0.3) is 5.91 Å². The fraction of sp³-hybridized carbons (Fsp3) is 0.130. The summed E-state index contributed by atoms with van der Waals surface area (Å²) in [6.45, 7) is 0. The van der Waals surface area contributed by atoms with Gasteiger partial charge in [0.05, 0.1) is 11.9 Å². The molecule has 1 aromatic heterocycles. The minimum Gasteiger partial charge on any atom is -0.339 e. The highest BCUT2D eigenvalue weighted by Gasteiger charge is 2.41. The number of carbonyl (C=O) groups excluding carboxylic acids is 1. The molecule has 0 unspecified atom stereocenters. The number of nitrogens with one attached hydrogen (secondary N) is 2. The van der Waals surface area contributed by atoms with Crippen molar-refractivity contribution in [3.05, 3.63) is 83.7 Å². The molecule has 1 amide bonds. The number of benzene rings is 2. The zero-order valence-electron chi connectivity index (χ0n) is 16.6. The Morgan fingerprint density at radius 3 is 2.50 bits per heavy atom. The molecule has 1 aliphatic heterocycles. The van der Waals surface area contributed by atoms with Crippen LogP contribution in [0.3, 0.4) is 0 Å². The summed E-state index contributed by atoms with van der Waals surface area (Å²) in [7, 11) is 0. The quantitative estimate of drug-likeness (QED) is 0.496. The Bertz CT molecular complexity index is 1260. The summed E-state index contributed by atoms with van der Waals surface area (Å²) < 4.78 is 41.6. The number of hydrogen-bond donors (Lipinski definition) is 2. The number of carbonyl (C=O) groups is 1. The third kappa shape index (κ3) is 4.03. The van der Waals surface area contributed by atoms with Gasteiger partial charge >= 0.3 is 6.18 Å². The summed E-state index contributed by atoms with van der Waals surface area (Å²) >= 11 is 1.48. The lowest BCUT2D eigenvalue weighted by atomic mass is 10.2. The topological polar surface area (TPSA) is 59.0 Å². The van der Waals surface area contributed by atoms with Crippen LogP contribution in [0.1, 0.15) is 23.2 Å². The number of anilines is 2. The van der Waals surface area contributed by atoms with Crippen molar-refractivity contribution in [2.75, 3.05) is 10.6 Å². The average Bonchev–Trinajstić information content (AvgIpc) is 3.53. The number of allylic oxidation sites excluding steroid dienone is 3. The van der Waals surface area contributed by atoms with Gasteiger partial charge in [-0.05, 0) is 48.8 Å². The van der Waals surface area contributed by atoms with Gasteiger partial charge in [-0.1, -0.05) is 42.1 Å². The van der Waals surface area contributed by atoms with Crippen molar-refractivity contribution in [2.24, 2.45) is 0 Å². The Hall–Kier alpha value is -3.46. The van der Waals surface area contributed by atoms with E-state index in [1.807, 2.05) is 42.5 Å². The molecule has 2 aliphatic rings. The average molecular weight is 454 g/mol. The van der Waals surface area contributed by atoms with E-state index in [4.69, 9.17) is 0 Å². The van der Waals surface area contributed by atoms with Crippen molar-refractivity contribution in [1.82, 2.24) is 9.78 Å². The molecule has 1 fully saturated rings. The van der Waals surface area contributed by atoms with Gasteiger partial charge in [-0.2, -0.15) is 18.3 Å². The first kappa shape index (κ1) is 20.4. The van der Waals surface area contributed by atoms with Gasteiger partial charge < -0.3 is 10.6 Å². The molecule has 9 heteroatoms.